The molecule has 98 valence electrons. The smallest absolute Gasteiger partial charge is 0.256 e. The van der Waals surface area contributed by atoms with Crippen molar-refractivity contribution < 1.29 is 9.18 Å². The number of nitrogen functional groups attached to an aromatic ring is 1. The van der Waals surface area contributed by atoms with Crippen molar-refractivity contribution in [1.82, 2.24) is 4.90 Å². The molecule has 4 heteroatoms. The average Bonchev–Trinajstić information content (AvgIpc) is 2.26. The molecule has 1 aromatic carbocycles. The lowest BCUT2D eigenvalue weighted by atomic mass is 9.91. The number of hydrogen-bond donors (Lipinski definition) is 1. The fraction of sp³-hybridized carbons (Fsp3) is 0.500. The summed E-state index contributed by atoms with van der Waals surface area (Å²) in [6, 6.07) is 4.23. The minimum Gasteiger partial charge on any atom is -0.399 e. The van der Waals surface area contributed by atoms with Crippen LogP contribution in [0.15, 0.2) is 18.2 Å². The Morgan fingerprint density at radius 3 is 2.50 bits per heavy atom. The molecule has 1 amide bonds. The van der Waals surface area contributed by atoms with Crippen molar-refractivity contribution in [3.63, 3.8) is 0 Å². The first-order valence-corrected chi connectivity index (χ1v) is 6.31. The van der Waals surface area contributed by atoms with Crippen molar-refractivity contribution in [3.05, 3.63) is 29.6 Å². The molecular formula is C14H19FN2O. The molecule has 0 radical (unpaired) electrons. The van der Waals surface area contributed by atoms with Gasteiger partial charge in [0.25, 0.3) is 5.91 Å². The molecule has 2 unspecified atom stereocenters. The van der Waals surface area contributed by atoms with E-state index in [2.05, 4.69) is 13.8 Å². The molecule has 0 saturated carbocycles. The van der Waals surface area contributed by atoms with E-state index >= 15 is 0 Å². The van der Waals surface area contributed by atoms with Gasteiger partial charge in [0.2, 0.25) is 0 Å². The van der Waals surface area contributed by atoms with Crippen LogP contribution in [0.3, 0.4) is 0 Å². The minimum atomic E-state index is -0.536. The molecule has 18 heavy (non-hydrogen) atoms. The Morgan fingerprint density at radius 2 is 1.94 bits per heavy atom. The van der Waals surface area contributed by atoms with Crippen LogP contribution in [0.2, 0.25) is 0 Å². The molecule has 1 aromatic rings. The van der Waals surface area contributed by atoms with Crippen LogP contribution in [0.1, 0.15) is 30.6 Å². The molecule has 2 rings (SSSR count). The van der Waals surface area contributed by atoms with Gasteiger partial charge in [-0.25, -0.2) is 4.39 Å². The standard InChI is InChI=1S/C14H19FN2O/c1-9-5-10(2)8-17(7-9)14(18)12-4-3-11(16)6-13(12)15/h3-4,6,9-10H,5,7-8,16H2,1-2H3. The fourth-order valence-corrected chi connectivity index (χ4v) is 2.70. The van der Waals surface area contributed by atoms with Crippen LogP contribution < -0.4 is 5.73 Å². The van der Waals surface area contributed by atoms with E-state index in [1.807, 2.05) is 0 Å². The predicted octanol–water partition coefficient (Wildman–Crippen LogP) is 2.53. The number of rotatable bonds is 1. The first-order valence-electron chi connectivity index (χ1n) is 6.31. The number of nitrogens with two attached hydrogens (primary N) is 1. The Kier molecular flexibility index (Phi) is 3.55. The molecular weight excluding hydrogens is 231 g/mol. The molecule has 1 aliphatic heterocycles. The molecule has 1 saturated heterocycles. The van der Waals surface area contributed by atoms with Gasteiger partial charge < -0.3 is 10.6 Å². The van der Waals surface area contributed by atoms with E-state index in [0.29, 0.717) is 30.6 Å². The number of piperidine rings is 1. The van der Waals surface area contributed by atoms with E-state index in [1.54, 1.807) is 11.0 Å². The lowest BCUT2D eigenvalue weighted by molar-refractivity contribution is 0.0618. The van der Waals surface area contributed by atoms with E-state index in [0.717, 1.165) is 6.42 Å². The molecule has 0 bridgehead atoms. The number of hydrogen-bond acceptors (Lipinski definition) is 2. The third kappa shape index (κ3) is 2.63. The highest BCUT2D eigenvalue weighted by molar-refractivity contribution is 5.94. The number of carbonyl (C=O) groups is 1. The third-order valence-corrected chi connectivity index (χ3v) is 3.38. The molecule has 0 aromatic heterocycles. The molecule has 1 fully saturated rings. The molecule has 0 aliphatic carbocycles. The van der Waals surface area contributed by atoms with Gasteiger partial charge in [-0.05, 0) is 36.5 Å². The zero-order chi connectivity index (χ0) is 13.3. The fourth-order valence-electron chi connectivity index (χ4n) is 2.70. The van der Waals surface area contributed by atoms with Gasteiger partial charge in [-0.2, -0.15) is 0 Å². The number of halogens is 1. The summed E-state index contributed by atoms with van der Waals surface area (Å²) in [7, 11) is 0. The van der Waals surface area contributed by atoms with Crippen LogP contribution in [0.25, 0.3) is 0 Å². The molecule has 2 N–H and O–H groups in total. The molecule has 0 spiro atoms. The van der Waals surface area contributed by atoms with Gasteiger partial charge in [-0.1, -0.05) is 13.8 Å². The summed E-state index contributed by atoms with van der Waals surface area (Å²) in [4.78, 5) is 14.0. The highest BCUT2D eigenvalue weighted by atomic mass is 19.1. The van der Waals surface area contributed by atoms with Crippen molar-refractivity contribution in [2.75, 3.05) is 18.8 Å². The second kappa shape index (κ2) is 4.96. The summed E-state index contributed by atoms with van der Waals surface area (Å²) in [5.41, 5.74) is 5.94. The summed E-state index contributed by atoms with van der Waals surface area (Å²) in [5, 5.41) is 0. The molecule has 1 aliphatic rings. The Bertz CT molecular complexity index is 451. The lowest BCUT2D eigenvalue weighted by Gasteiger charge is -2.35. The first-order chi connectivity index (χ1) is 8.47. The Balaban J connectivity index is 2.20. The highest BCUT2D eigenvalue weighted by Crippen LogP contribution is 2.23. The Morgan fingerprint density at radius 1 is 1.33 bits per heavy atom. The van der Waals surface area contributed by atoms with Crippen molar-refractivity contribution in [3.8, 4) is 0 Å². The van der Waals surface area contributed by atoms with Crippen LogP contribution in [0, 0.1) is 17.7 Å². The number of benzene rings is 1. The maximum Gasteiger partial charge on any atom is 0.256 e. The molecule has 2 atom stereocenters. The van der Waals surface area contributed by atoms with Crippen molar-refractivity contribution >= 4 is 11.6 Å². The van der Waals surface area contributed by atoms with Gasteiger partial charge in [0, 0.05) is 18.8 Å². The summed E-state index contributed by atoms with van der Waals surface area (Å²) in [6.45, 7) is 5.64. The third-order valence-electron chi connectivity index (χ3n) is 3.38. The van der Waals surface area contributed by atoms with Crippen molar-refractivity contribution in [1.29, 1.82) is 0 Å². The van der Waals surface area contributed by atoms with Crippen molar-refractivity contribution in [2.24, 2.45) is 11.8 Å². The maximum atomic E-state index is 13.7. The van der Waals surface area contributed by atoms with Crippen LogP contribution in [0.4, 0.5) is 10.1 Å². The van der Waals surface area contributed by atoms with E-state index < -0.39 is 5.82 Å². The topological polar surface area (TPSA) is 46.3 Å². The minimum absolute atomic E-state index is 0.116. The van der Waals surface area contributed by atoms with Gasteiger partial charge in [0.15, 0.2) is 0 Å². The quantitative estimate of drug-likeness (QED) is 0.778. The van der Waals surface area contributed by atoms with Gasteiger partial charge in [-0.3, -0.25) is 4.79 Å². The first kappa shape index (κ1) is 12.9. The van der Waals surface area contributed by atoms with E-state index in [4.69, 9.17) is 5.73 Å². The van der Waals surface area contributed by atoms with E-state index in [1.165, 1.54) is 12.1 Å². The second-order valence-electron chi connectivity index (χ2n) is 5.40. The largest absolute Gasteiger partial charge is 0.399 e. The van der Waals surface area contributed by atoms with Crippen LogP contribution in [-0.2, 0) is 0 Å². The van der Waals surface area contributed by atoms with Gasteiger partial charge in [-0.15, -0.1) is 0 Å². The summed E-state index contributed by atoms with van der Waals surface area (Å²) < 4.78 is 13.7. The zero-order valence-electron chi connectivity index (χ0n) is 10.8. The van der Waals surface area contributed by atoms with Crippen LogP contribution in [-0.4, -0.2) is 23.9 Å². The lowest BCUT2D eigenvalue weighted by Crippen LogP contribution is -2.42. The second-order valence-corrected chi connectivity index (χ2v) is 5.40. The van der Waals surface area contributed by atoms with E-state index in [-0.39, 0.29) is 11.5 Å². The zero-order valence-corrected chi connectivity index (χ0v) is 10.8. The van der Waals surface area contributed by atoms with E-state index in [9.17, 15) is 9.18 Å². The van der Waals surface area contributed by atoms with Crippen LogP contribution >= 0.6 is 0 Å². The van der Waals surface area contributed by atoms with Gasteiger partial charge >= 0.3 is 0 Å². The Labute approximate surface area is 107 Å². The average molecular weight is 250 g/mol. The summed E-state index contributed by atoms with van der Waals surface area (Å²) in [6.07, 6.45) is 1.12. The SMILES string of the molecule is CC1CC(C)CN(C(=O)c2ccc(N)cc2F)C1. The normalized spacial score (nSPS) is 24.1. The summed E-state index contributed by atoms with van der Waals surface area (Å²) >= 11 is 0. The Hall–Kier alpha value is -1.58. The van der Waals surface area contributed by atoms with Crippen molar-refractivity contribution in [2.45, 2.75) is 20.3 Å². The monoisotopic (exact) mass is 250 g/mol. The number of anilines is 1. The van der Waals surface area contributed by atoms with Crippen LogP contribution in [0.5, 0.6) is 0 Å². The highest BCUT2D eigenvalue weighted by Gasteiger charge is 2.27. The summed E-state index contributed by atoms with van der Waals surface area (Å²) in [5.74, 6) is 0.167. The molecule has 3 nitrogen and oxygen atoms in total. The molecule has 1 heterocycles. The predicted molar refractivity (Wildman–Crippen MR) is 69.7 cm³/mol. The van der Waals surface area contributed by atoms with Gasteiger partial charge in [0.1, 0.15) is 5.82 Å². The number of carbonyl (C=O) groups excluding carboxylic acids is 1. The number of amides is 1. The number of likely N-dealkylation sites (tertiary alicyclic amines) is 1. The maximum absolute atomic E-state index is 13.7. The van der Waals surface area contributed by atoms with Gasteiger partial charge in [0.05, 0.1) is 5.56 Å². The number of nitrogens with zero attached hydrogens (tertiary/aromatic N) is 1.